The third-order valence-electron chi connectivity index (χ3n) is 5.40. The summed E-state index contributed by atoms with van der Waals surface area (Å²) in [5.41, 5.74) is -0.151. The van der Waals surface area contributed by atoms with Gasteiger partial charge in [0.15, 0.2) is 0 Å². The number of carbonyl (C=O) groups is 1. The molecule has 1 heterocycles. The van der Waals surface area contributed by atoms with Crippen molar-refractivity contribution < 1.29 is 13.9 Å². The molecule has 1 aromatic rings. The Bertz CT molecular complexity index is 439. The van der Waals surface area contributed by atoms with Crippen LogP contribution in [0.5, 0.6) is 0 Å². The first-order valence-corrected chi connectivity index (χ1v) is 7.43. The van der Waals surface area contributed by atoms with Crippen LogP contribution < -0.4 is 0 Å². The average molecular weight is 260 g/mol. The molecule has 3 heteroatoms. The van der Waals surface area contributed by atoms with Crippen LogP contribution in [0.2, 0.25) is 0 Å². The first-order chi connectivity index (χ1) is 9.23. The molecule has 3 nitrogen and oxygen atoms in total. The third kappa shape index (κ3) is 1.90. The van der Waals surface area contributed by atoms with Crippen molar-refractivity contribution in [1.82, 2.24) is 0 Å². The smallest absolute Gasteiger partial charge is 0.312 e. The van der Waals surface area contributed by atoms with Gasteiger partial charge in [0, 0.05) is 0 Å². The molecule has 4 aliphatic rings. The van der Waals surface area contributed by atoms with Gasteiger partial charge in [-0.15, -0.1) is 0 Å². The van der Waals surface area contributed by atoms with Crippen LogP contribution >= 0.6 is 0 Å². The fourth-order valence-corrected chi connectivity index (χ4v) is 5.05. The summed E-state index contributed by atoms with van der Waals surface area (Å²) in [6.45, 7) is 0.285. The normalized spacial score (nSPS) is 39.5. The van der Waals surface area contributed by atoms with Gasteiger partial charge in [-0.1, -0.05) is 0 Å². The summed E-state index contributed by atoms with van der Waals surface area (Å²) in [4.78, 5) is 12.5. The Labute approximate surface area is 113 Å². The second-order valence-corrected chi connectivity index (χ2v) is 6.85. The summed E-state index contributed by atoms with van der Waals surface area (Å²) >= 11 is 0. The third-order valence-corrected chi connectivity index (χ3v) is 5.40. The minimum Gasteiger partial charge on any atom is -0.466 e. The van der Waals surface area contributed by atoms with Crippen molar-refractivity contribution >= 4 is 5.97 Å². The molecule has 0 saturated heterocycles. The fourth-order valence-electron chi connectivity index (χ4n) is 5.05. The maximum Gasteiger partial charge on any atom is 0.312 e. The van der Waals surface area contributed by atoms with Crippen molar-refractivity contribution in [2.45, 2.75) is 45.1 Å². The molecule has 1 aromatic heterocycles. The second-order valence-electron chi connectivity index (χ2n) is 6.85. The number of rotatable bonds is 3. The summed E-state index contributed by atoms with van der Waals surface area (Å²) in [7, 11) is 0. The highest BCUT2D eigenvalue weighted by Crippen LogP contribution is 2.60. The number of hydrogen-bond acceptors (Lipinski definition) is 3. The number of carbonyl (C=O) groups excluding carboxylic acids is 1. The van der Waals surface area contributed by atoms with Gasteiger partial charge in [-0.05, 0) is 68.4 Å². The molecule has 0 atom stereocenters. The van der Waals surface area contributed by atoms with Gasteiger partial charge < -0.3 is 9.15 Å². The van der Waals surface area contributed by atoms with Crippen molar-refractivity contribution in [2.24, 2.45) is 23.2 Å². The lowest BCUT2D eigenvalue weighted by molar-refractivity contribution is -0.173. The van der Waals surface area contributed by atoms with Crippen LogP contribution in [0.25, 0.3) is 0 Å². The maximum absolute atomic E-state index is 12.5. The summed E-state index contributed by atoms with van der Waals surface area (Å²) in [6, 6.07) is 3.68. The number of hydrogen-bond donors (Lipinski definition) is 0. The highest BCUT2D eigenvalue weighted by molar-refractivity contribution is 5.77. The molecule has 0 radical (unpaired) electrons. The zero-order chi connectivity index (χ0) is 12.9. The molecule has 0 N–H and O–H groups in total. The Morgan fingerprint density at radius 1 is 1.21 bits per heavy atom. The van der Waals surface area contributed by atoms with Crippen LogP contribution in [0.1, 0.15) is 44.3 Å². The monoisotopic (exact) mass is 260 g/mol. The van der Waals surface area contributed by atoms with E-state index < -0.39 is 0 Å². The van der Waals surface area contributed by atoms with Crippen LogP contribution in [0.3, 0.4) is 0 Å². The predicted octanol–water partition coefficient (Wildman–Crippen LogP) is 3.54. The molecule has 0 unspecified atom stereocenters. The van der Waals surface area contributed by atoms with E-state index in [-0.39, 0.29) is 18.0 Å². The van der Waals surface area contributed by atoms with E-state index in [0.29, 0.717) is 0 Å². The standard InChI is InChI=1S/C16H20O3/c17-15(19-10-14-2-1-3-18-14)16-7-11-4-12(8-16)6-13(5-11)9-16/h1-3,11-13H,4-10H2. The van der Waals surface area contributed by atoms with Crippen molar-refractivity contribution in [3.63, 3.8) is 0 Å². The van der Waals surface area contributed by atoms with Crippen molar-refractivity contribution in [3.05, 3.63) is 24.2 Å². The molecule has 0 amide bonds. The average Bonchev–Trinajstić information content (AvgIpc) is 2.87. The predicted molar refractivity (Wildman–Crippen MR) is 69.1 cm³/mol. The van der Waals surface area contributed by atoms with E-state index in [9.17, 15) is 4.79 Å². The lowest BCUT2D eigenvalue weighted by Crippen LogP contribution is -2.50. The van der Waals surface area contributed by atoms with E-state index >= 15 is 0 Å². The minimum atomic E-state index is -0.151. The van der Waals surface area contributed by atoms with Crippen LogP contribution in [-0.4, -0.2) is 5.97 Å². The number of ether oxygens (including phenoxy) is 1. The molecule has 19 heavy (non-hydrogen) atoms. The maximum atomic E-state index is 12.5. The van der Waals surface area contributed by atoms with Gasteiger partial charge in [0.2, 0.25) is 0 Å². The van der Waals surface area contributed by atoms with Gasteiger partial charge in [-0.2, -0.15) is 0 Å². The van der Waals surface area contributed by atoms with Crippen LogP contribution in [0.4, 0.5) is 0 Å². The Morgan fingerprint density at radius 2 is 1.84 bits per heavy atom. The van der Waals surface area contributed by atoms with E-state index in [1.165, 1.54) is 19.3 Å². The van der Waals surface area contributed by atoms with Crippen LogP contribution in [0.15, 0.2) is 22.8 Å². The quantitative estimate of drug-likeness (QED) is 0.780. The fraction of sp³-hybridized carbons (Fsp3) is 0.688. The molecule has 102 valence electrons. The van der Waals surface area contributed by atoms with E-state index in [1.807, 2.05) is 12.1 Å². The van der Waals surface area contributed by atoms with Crippen molar-refractivity contribution in [2.75, 3.05) is 0 Å². The molecule has 0 spiro atoms. The molecular formula is C16H20O3. The van der Waals surface area contributed by atoms with Gasteiger partial charge in [-0.3, -0.25) is 4.79 Å². The Kier molecular flexibility index (Phi) is 2.51. The minimum absolute atomic E-state index is 0.0306. The summed E-state index contributed by atoms with van der Waals surface area (Å²) in [6.07, 6.45) is 8.87. The largest absolute Gasteiger partial charge is 0.466 e. The molecule has 4 fully saturated rings. The van der Waals surface area contributed by atoms with Gasteiger partial charge in [0.05, 0.1) is 11.7 Å². The molecule has 0 aliphatic heterocycles. The lowest BCUT2D eigenvalue weighted by Gasteiger charge is -2.55. The molecule has 5 rings (SSSR count). The van der Waals surface area contributed by atoms with E-state index in [4.69, 9.17) is 9.15 Å². The van der Waals surface area contributed by atoms with Crippen molar-refractivity contribution in [3.8, 4) is 0 Å². The first kappa shape index (κ1) is 11.6. The van der Waals surface area contributed by atoms with Crippen LogP contribution in [-0.2, 0) is 16.1 Å². The topological polar surface area (TPSA) is 39.4 Å². The van der Waals surface area contributed by atoms with Gasteiger partial charge in [0.25, 0.3) is 0 Å². The zero-order valence-electron chi connectivity index (χ0n) is 11.1. The summed E-state index contributed by atoms with van der Waals surface area (Å²) in [5, 5.41) is 0. The first-order valence-electron chi connectivity index (χ1n) is 7.43. The van der Waals surface area contributed by atoms with E-state index in [1.54, 1.807) is 6.26 Å². The molecule has 0 aromatic carbocycles. The number of esters is 1. The highest BCUT2D eigenvalue weighted by Gasteiger charge is 2.55. The molecule has 4 bridgehead atoms. The van der Waals surface area contributed by atoms with E-state index in [2.05, 4.69) is 0 Å². The summed E-state index contributed by atoms with van der Waals surface area (Å²) in [5.74, 6) is 3.10. The second kappa shape index (κ2) is 4.12. The zero-order valence-corrected chi connectivity index (χ0v) is 11.1. The highest BCUT2D eigenvalue weighted by atomic mass is 16.5. The van der Waals surface area contributed by atoms with E-state index in [0.717, 1.165) is 42.8 Å². The molecular weight excluding hydrogens is 240 g/mol. The Hall–Kier alpha value is -1.25. The SMILES string of the molecule is O=C(OCc1ccco1)C12CC3CC(CC(C3)C1)C2. The van der Waals surface area contributed by atoms with Gasteiger partial charge in [0.1, 0.15) is 12.4 Å². The lowest BCUT2D eigenvalue weighted by atomic mass is 9.49. The molecule has 4 aliphatic carbocycles. The van der Waals surface area contributed by atoms with Gasteiger partial charge >= 0.3 is 5.97 Å². The van der Waals surface area contributed by atoms with Crippen LogP contribution in [0, 0.1) is 23.2 Å². The summed E-state index contributed by atoms with van der Waals surface area (Å²) < 4.78 is 10.8. The van der Waals surface area contributed by atoms with Crippen molar-refractivity contribution in [1.29, 1.82) is 0 Å². The Balaban J connectivity index is 1.47. The molecule has 4 saturated carbocycles. The number of furan rings is 1. The Morgan fingerprint density at radius 3 is 2.37 bits per heavy atom. The van der Waals surface area contributed by atoms with Gasteiger partial charge in [-0.25, -0.2) is 0 Å².